The first-order chi connectivity index (χ1) is 8.19. The predicted octanol–water partition coefficient (Wildman–Crippen LogP) is 4.85. The monoisotopic (exact) mass is 260 g/mol. The van der Waals surface area contributed by atoms with Crippen LogP contribution in [0.25, 0.3) is 12.2 Å². The van der Waals surface area contributed by atoms with Gasteiger partial charge in [-0.25, -0.2) is 0 Å². The Kier molecular flexibility index (Phi) is 2.50. The summed E-state index contributed by atoms with van der Waals surface area (Å²) in [7, 11) is 0. The molecule has 0 heterocycles. The van der Waals surface area contributed by atoms with Crippen molar-refractivity contribution in [2.45, 2.75) is 4.33 Å². The van der Waals surface area contributed by atoms with Crippen molar-refractivity contribution in [1.29, 1.82) is 0 Å². The van der Waals surface area contributed by atoms with Crippen molar-refractivity contribution in [3.05, 3.63) is 70.8 Å². The highest BCUT2D eigenvalue weighted by Crippen LogP contribution is 2.46. The molecule has 2 heteroatoms. The SMILES string of the molecule is ClC1(Cl)c2ccccc2C=Cc2ccccc21. The smallest absolute Gasteiger partial charge is 0.0909 e. The van der Waals surface area contributed by atoms with Gasteiger partial charge in [0.1, 0.15) is 0 Å². The van der Waals surface area contributed by atoms with E-state index < -0.39 is 4.33 Å². The Balaban J connectivity index is 2.34. The lowest BCUT2D eigenvalue weighted by molar-refractivity contribution is 1.03. The van der Waals surface area contributed by atoms with Crippen molar-refractivity contribution in [1.82, 2.24) is 0 Å². The summed E-state index contributed by atoms with van der Waals surface area (Å²) in [4.78, 5) is 0. The van der Waals surface area contributed by atoms with Crippen molar-refractivity contribution >= 4 is 35.4 Å². The third kappa shape index (κ3) is 1.69. The van der Waals surface area contributed by atoms with Gasteiger partial charge < -0.3 is 0 Å². The molecule has 0 spiro atoms. The first-order valence-corrected chi connectivity index (χ1v) is 6.20. The molecule has 0 radical (unpaired) electrons. The summed E-state index contributed by atoms with van der Waals surface area (Å²) >= 11 is 13.1. The number of benzene rings is 2. The van der Waals surface area contributed by atoms with Crippen LogP contribution >= 0.6 is 23.2 Å². The van der Waals surface area contributed by atoms with Gasteiger partial charge in [-0.15, -0.1) is 0 Å². The molecule has 0 aliphatic heterocycles. The minimum atomic E-state index is -0.989. The topological polar surface area (TPSA) is 0 Å². The molecule has 0 fully saturated rings. The summed E-state index contributed by atoms with van der Waals surface area (Å²) in [5, 5.41) is 0. The Morgan fingerprint density at radius 1 is 0.647 bits per heavy atom. The van der Waals surface area contributed by atoms with Crippen LogP contribution in [0.2, 0.25) is 0 Å². The van der Waals surface area contributed by atoms with Crippen LogP contribution < -0.4 is 0 Å². The molecule has 2 aromatic carbocycles. The highest BCUT2D eigenvalue weighted by atomic mass is 35.5. The molecule has 1 aliphatic carbocycles. The second-order valence-corrected chi connectivity index (χ2v) is 5.41. The largest absolute Gasteiger partial charge is 0.169 e. The van der Waals surface area contributed by atoms with Crippen molar-refractivity contribution in [3.8, 4) is 0 Å². The lowest BCUT2D eigenvalue weighted by Crippen LogP contribution is -2.14. The van der Waals surface area contributed by atoms with E-state index in [0.29, 0.717) is 0 Å². The average molecular weight is 261 g/mol. The zero-order valence-corrected chi connectivity index (χ0v) is 10.5. The van der Waals surface area contributed by atoms with E-state index in [1.165, 1.54) is 0 Å². The summed E-state index contributed by atoms with van der Waals surface area (Å²) in [6.45, 7) is 0. The molecule has 0 amide bonds. The highest BCUT2D eigenvalue weighted by Gasteiger charge is 2.33. The van der Waals surface area contributed by atoms with Crippen LogP contribution in [0.15, 0.2) is 48.5 Å². The lowest BCUT2D eigenvalue weighted by atomic mass is 9.99. The van der Waals surface area contributed by atoms with Crippen molar-refractivity contribution in [2.24, 2.45) is 0 Å². The number of rotatable bonds is 0. The molecule has 17 heavy (non-hydrogen) atoms. The molecular formula is C15H10Cl2. The Bertz CT molecular complexity index is 546. The van der Waals surface area contributed by atoms with Crippen LogP contribution in [0.3, 0.4) is 0 Å². The van der Waals surface area contributed by atoms with Crippen LogP contribution in [0.1, 0.15) is 22.3 Å². The van der Waals surface area contributed by atoms with Gasteiger partial charge in [0.05, 0.1) is 0 Å². The minimum absolute atomic E-state index is 0.935. The molecule has 0 nitrogen and oxygen atoms in total. The summed E-state index contributed by atoms with van der Waals surface area (Å²) in [6.07, 6.45) is 4.11. The first kappa shape index (κ1) is 10.9. The Morgan fingerprint density at radius 3 is 1.53 bits per heavy atom. The molecule has 2 aromatic rings. The summed E-state index contributed by atoms with van der Waals surface area (Å²) in [6, 6.07) is 15.9. The molecular weight excluding hydrogens is 251 g/mol. The molecule has 0 atom stereocenters. The Morgan fingerprint density at radius 2 is 1.06 bits per heavy atom. The van der Waals surface area contributed by atoms with Gasteiger partial charge in [-0.3, -0.25) is 0 Å². The standard InChI is InChI=1S/C15H10Cl2/c16-15(17)13-7-3-1-5-11(13)9-10-12-6-2-4-8-14(12)15/h1-10H. The number of alkyl halides is 2. The van der Waals surface area contributed by atoms with Crippen molar-refractivity contribution in [2.75, 3.05) is 0 Å². The maximum Gasteiger partial charge on any atom is 0.169 e. The first-order valence-electron chi connectivity index (χ1n) is 5.44. The fraction of sp³-hybridized carbons (Fsp3) is 0.0667. The van der Waals surface area contributed by atoms with E-state index in [1.807, 2.05) is 48.5 Å². The molecule has 3 rings (SSSR count). The molecule has 0 N–H and O–H groups in total. The van der Waals surface area contributed by atoms with Crippen molar-refractivity contribution in [3.63, 3.8) is 0 Å². The van der Waals surface area contributed by atoms with Gasteiger partial charge >= 0.3 is 0 Å². The average Bonchev–Trinajstić information content (AvgIpc) is 2.47. The maximum absolute atomic E-state index is 6.56. The van der Waals surface area contributed by atoms with Crippen molar-refractivity contribution < 1.29 is 0 Å². The van der Waals surface area contributed by atoms with Gasteiger partial charge in [-0.1, -0.05) is 83.9 Å². The zero-order chi connectivity index (χ0) is 11.9. The van der Waals surface area contributed by atoms with E-state index in [0.717, 1.165) is 22.3 Å². The number of fused-ring (bicyclic) bond motifs is 2. The number of hydrogen-bond acceptors (Lipinski definition) is 0. The Hall–Kier alpha value is -1.24. The summed E-state index contributed by atoms with van der Waals surface area (Å²) in [5.41, 5.74) is 4.00. The van der Waals surface area contributed by atoms with Gasteiger partial charge in [-0.2, -0.15) is 0 Å². The molecule has 0 saturated heterocycles. The third-order valence-corrected chi connectivity index (χ3v) is 3.85. The van der Waals surface area contributed by atoms with E-state index in [4.69, 9.17) is 23.2 Å². The maximum atomic E-state index is 6.56. The highest BCUT2D eigenvalue weighted by molar-refractivity contribution is 6.50. The van der Waals surface area contributed by atoms with Gasteiger partial charge in [0.25, 0.3) is 0 Å². The quantitative estimate of drug-likeness (QED) is 0.595. The van der Waals surface area contributed by atoms with Crippen LogP contribution in [0.5, 0.6) is 0 Å². The zero-order valence-electron chi connectivity index (χ0n) is 9.03. The lowest BCUT2D eigenvalue weighted by Gasteiger charge is -2.22. The van der Waals surface area contributed by atoms with E-state index >= 15 is 0 Å². The predicted molar refractivity (Wildman–Crippen MR) is 74.3 cm³/mol. The van der Waals surface area contributed by atoms with Gasteiger partial charge in [0.2, 0.25) is 0 Å². The third-order valence-electron chi connectivity index (χ3n) is 3.04. The molecule has 0 bridgehead atoms. The second kappa shape index (κ2) is 3.90. The van der Waals surface area contributed by atoms with E-state index in [-0.39, 0.29) is 0 Å². The molecule has 1 aliphatic rings. The van der Waals surface area contributed by atoms with Crippen LogP contribution in [-0.2, 0) is 4.33 Å². The minimum Gasteiger partial charge on any atom is -0.0909 e. The normalized spacial score (nSPS) is 15.9. The van der Waals surface area contributed by atoms with Crippen LogP contribution in [0.4, 0.5) is 0 Å². The van der Waals surface area contributed by atoms with Crippen LogP contribution in [-0.4, -0.2) is 0 Å². The van der Waals surface area contributed by atoms with E-state index in [9.17, 15) is 0 Å². The van der Waals surface area contributed by atoms with Crippen LogP contribution in [0, 0.1) is 0 Å². The van der Waals surface area contributed by atoms with Gasteiger partial charge in [0.15, 0.2) is 4.33 Å². The molecule has 0 saturated carbocycles. The number of hydrogen-bond donors (Lipinski definition) is 0. The van der Waals surface area contributed by atoms with E-state index in [2.05, 4.69) is 12.2 Å². The summed E-state index contributed by atoms with van der Waals surface area (Å²) in [5.74, 6) is 0. The molecule has 84 valence electrons. The number of halogens is 2. The Labute approximate surface area is 110 Å². The molecule has 0 aromatic heterocycles. The van der Waals surface area contributed by atoms with Gasteiger partial charge in [-0.05, 0) is 22.3 Å². The fourth-order valence-corrected chi connectivity index (χ4v) is 2.87. The van der Waals surface area contributed by atoms with E-state index in [1.54, 1.807) is 0 Å². The second-order valence-electron chi connectivity index (χ2n) is 4.08. The van der Waals surface area contributed by atoms with Gasteiger partial charge in [0, 0.05) is 0 Å². The fourth-order valence-electron chi connectivity index (χ4n) is 2.18. The molecule has 0 unspecified atom stereocenters. The summed E-state index contributed by atoms with van der Waals surface area (Å²) < 4.78 is -0.989.